The summed E-state index contributed by atoms with van der Waals surface area (Å²) in [6.07, 6.45) is 4.73. The van der Waals surface area contributed by atoms with E-state index in [1.807, 2.05) is 24.8 Å². The summed E-state index contributed by atoms with van der Waals surface area (Å²) in [5.74, 6) is 1.10. The molecule has 3 N–H and O–H groups in total. The predicted octanol–water partition coefficient (Wildman–Crippen LogP) is 3.55. The van der Waals surface area contributed by atoms with E-state index >= 15 is 0 Å². The van der Waals surface area contributed by atoms with Crippen molar-refractivity contribution >= 4 is 29.0 Å². The van der Waals surface area contributed by atoms with Crippen LogP contribution in [0.25, 0.3) is 16.8 Å². The van der Waals surface area contributed by atoms with Crippen molar-refractivity contribution < 1.29 is 14.3 Å². The van der Waals surface area contributed by atoms with Gasteiger partial charge in [0, 0.05) is 36.3 Å². The molecule has 1 aromatic carbocycles. The van der Waals surface area contributed by atoms with E-state index in [-0.39, 0.29) is 23.6 Å². The first-order valence-electron chi connectivity index (χ1n) is 13.6. The number of hydrogen-bond donors (Lipinski definition) is 2. The highest BCUT2D eigenvalue weighted by atomic mass is 16.5. The summed E-state index contributed by atoms with van der Waals surface area (Å²) in [6, 6.07) is 12.9. The van der Waals surface area contributed by atoms with E-state index in [2.05, 4.69) is 21.4 Å². The number of nitrogen functional groups attached to an aromatic ring is 1. The molecule has 1 atom stereocenters. The maximum absolute atomic E-state index is 13.3. The van der Waals surface area contributed by atoms with Gasteiger partial charge in [0.2, 0.25) is 5.91 Å². The van der Waals surface area contributed by atoms with Gasteiger partial charge >= 0.3 is 0 Å². The minimum Gasteiger partial charge on any atom is -0.382 e. The van der Waals surface area contributed by atoms with Gasteiger partial charge in [0.25, 0.3) is 5.91 Å². The zero-order chi connectivity index (χ0) is 28.7. The summed E-state index contributed by atoms with van der Waals surface area (Å²) in [5.41, 5.74) is 9.46. The number of imidazole rings is 1. The Hall–Kier alpha value is -4.82. The lowest BCUT2D eigenvalue weighted by Gasteiger charge is -2.42. The van der Waals surface area contributed by atoms with Crippen molar-refractivity contribution in [2.24, 2.45) is 5.41 Å². The van der Waals surface area contributed by atoms with Gasteiger partial charge < -0.3 is 20.7 Å². The van der Waals surface area contributed by atoms with Gasteiger partial charge in [-0.15, -0.1) is 0 Å². The molecule has 0 radical (unpaired) electrons. The third-order valence-corrected chi connectivity index (χ3v) is 7.84. The minimum atomic E-state index is -0.489. The van der Waals surface area contributed by atoms with Gasteiger partial charge in [0.15, 0.2) is 0 Å². The average molecular weight is 551 g/mol. The topological polar surface area (TPSA) is 152 Å². The minimum absolute atomic E-state index is 0.0888. The summed E-state index contributed by atoms with van der Waals surface area (Å²) in [5, 5.41) is 12.8. The third-order valence-electron chi connectivity index (χ3n) is 7.84. The van der Waals surface area contributed by atoms with E-state index in [1.165, 1.54) is 6.20 Å². The number of ether oxygens (including phenoxy) is 1. The Morgan fingerprint density at radius 2 is 1.98 bits per heavy atom. The Morgan fingerprint density at radius 1 is 1.20 bits per heavy atom. The lowest BCUT2D eigenvalue weighted by Crippen LogP contribution is -2.55. The number of carbonyl (C=O) groups is 2. The lowest BCUT2D eigenvalue weighted by atomic mass is 9.85. The van der Waals surface area contributed by atoms with Gasteiger partial charge in [-0.3, -0.25) is 14.0 Å². The number of amides is 2. The average Bonchev–Trinajstić information content (AvgIpc) is 3.38. The number of aromatic nitrogens is 4. The molecule has 4 aromatic rings. The van der Waals surface area contributed by atoms with Gasteiger partial charge in [-0.05, 0) is 56.5 Å². The standard InChI is InChI=1S/C30H30N8O3/c1-18-9-10-33-23(12-18)35-28(39)20-7-5-19(6-8-20)24-25-26(32)34-14-22(13-31)38(25)27(36-24)21-4-3-11-37(15-21)29(40)30(2)16-41-17-30/h5-10,12,14,21H,3-4,11,15-17H2,1-2H3,(H2,32,34)(H,33,35,39)/t21-/m1/s1. The highest BCUT2D eigenvalue weighted by molar-refractivity contribution is 6.04. The van der Waals surface area contributed by atoms with E-state index < -0.39 is 5.41 Å². The fraction of sp³-hybridized carbons (Fsp3) is 0.333. The van der Waals surface area contributed by atoms with Crippen LogP contribution in [0.1, 0.15) is 53.1 Å². The predicted molar refractivity (Wildman–Crippen MR) is 152 cm³/mol. The molecule has 2 aliphatic heterocycles. The summed E-state index contributed by atoms with van der Waals surface area (Å²) < 4.78 is 7.10. The van der Waals surface area contributed by atoms with Crippen LogP contribution in [0.5, 0.6) is 0 Å². The number of fused-ring (bicyclic) bond motifs is 1. The molecule has 11 heteroatoms. The van der Waals surface area contributed by atoms with Crippen LogP contribution in [0.3, 0.4) is 0 Å². The van der Waals surface area contributed by atoms with Crippen LogP contribution in [-0.4, -0.2) is 62.4 Å². The second-order valence-corrected chi connectivity index (χ2v) is 11.0. The number of anilines is 2. The van der Waals surface area contributed by atoms with E-state index in [0.717, 1.165) is 24.0 Å². The Kier molecular flexibility index (Phi) is 6.63. The SMILES string of the molecule is Cc1ccnc(NC(=O)c2ccc(-c3nc([C@@H]4CCCN(C(=O)C5(C)COC5)C4)n4c(C#N)cnc(N)c34)cc2)c1. The van der Waals surface area contributed by atoms with E-state index in [4.69, 9.17) is 15.5 Å². The summed E-state index contributed by atoms with van der Waals surface area (Å²) in [4.78, 5) is 41.5. The molecule has 5 heterocycles. The van der Waals surface area contributed by atoms with E-state index in [9.17, 15) is 14.9 Å². The maximum Gasteiger partial charge on any atom is 0.256 e. The molecular formula is C30H30N8O3. The number of likely N-dealkylation sites (tertiary alicyclic amines) is 1. The molecular weight excluding hydrogens is 520 g/mol. The van der Waals surface area contributed by atoms with Crippen LogP contribution in [0.2, 0.25) is 0 Å². The van der Waals surface area contributed by atoms with Gasteiger partial charge in [-0.25, -0.2) is 15.0 Å². The Bertz CT molecular complexity index is 1700. The molecule has 0 aliphatic carbocycles. The maximum atomic E-state index is 13.3. The van der Waals surface area contributed by atoms with Crippen molar-refractivity contribution in [3.05, 3.63) is 71.4 Å². The Morgan fingerprint density at radius 3 is 2.66 bits per heavy atom. The van der Waals surface area contributed by atoms with Crippen molar-refractivity contribution in [3.63, 3.8) is 0 Å². The van der Waals surface area contributed by atoms with Crippen LogP contribution < -0.4 is 11.1 Å². The zero-order valence-electron chi connectivity index (χ0n) is 22.9. The van der Waals surface area contributed by atoms with Crippen LogP contribution in [0.4, 0.5) is 11.6 Å². The smallest absolute Gasteiger partial charge is 0.256 e. The van der Waals surface area contributed by atoms with Gasteiger partial charge in [-0.2, -0.15) is 5.26 Å². The van der Waals surface area contributed by atoms with Crippen molar-refractivity contribution in [2.75, 3.05) is 37.4 Å². The van der Waals surface area contributed by atoms with Crippen molar-refractivity contribution in [2.45, 2.75) is 32.6 Å². The number of rotatable bonds is 5. The fourth-order valence-corrected chi connectivity index (χ4v) is 5.58. The molecule has 41 heavy (non-hydrogen) atoms. The van der Waals surface area contributed by atoms with Crippen molar-refractivity contribution in [3.8, 4) is 17.3 Å². The molecule has 0 saturated carbocycles. The molecule has 0 bridgehead atoms. The molecule has 2 aliphatic rings. The number of pyridine rings is 1. The third kappa shape index (κ3) is 4.76. The van der Waals surface area contributed by atoms with Gasteiger partial charge in [0.05, 0.1) is 24.8 Å². The molecule has 6 rings (SSSR count). The Labute approximate surface area is 237 Å². The van der Waals surface area contributed by atoms with Crippen LogP contribution in [0, 0.1) is 23.7 Å². The quantitative estimate of drug-likeness (QED) is 0.383. The summed E-state index contributed by atoms with van der Waals surface area (Å²) in [6.45, 7) is 5.90. The van der Waals surface area contributed by atoms with Gasteiger partial charge in [-0.1, -0.05) is 12.1 Å². The molecule has 11 nitrogen and oxygen atoms in total. The number of nitrogens with one attached hydrogen (secondary N) is 1. The number of nitrogens with zero attached hydrogens (tertiary/aromatic N) is 6. The highest BCUT2D eigenvalue weighted by Gasteiger charge is 2.45. The summed E-state index contributed by atoms with van der Waals surface area (Å²) >= 11 is 0. The van der Waals surface area contributed by atoms with Crippen LogP contribution in [0.15, 0.2) is 48.8 Å². The molecule has 2 amide bonds. The first-order valence-corrected chi connectivity index (χ1v) is 13.6. The second-order valence-electron chi connectivity index (χ2n) is 11.0. The first kappa shape index (κ1) is 26.4. The number of hydrogen-bond acceptors (Lipinski definition) is 8. The number of carbonyl (C=O) groups excluding carboxylic acids is 2. The molecule has 3 aromatic heterocycles. The Balaban J connectivity index is 1.34. The first-order chi connectivity index (χ1) is 19.8. The van der Waals surface area contributed by atoms with Crippen molar-refractivity contribution in [1.82, 2.24) is 24.3 Å². The second kappa shape index (κ2) is 10.3. The normalized spacial score (nSPS) is 18.0. The summed E-state index contributed by atoms with van der Waals surface area (Å²) in [7, 11) is 0. The fourth-order valence-electron chi connectivity index (χ4n) is 5.58. The molecule has 2 saturated heterocycles. The van der Waals surface area contributed by atoms with Crippen molar-refractivity contribution in [1.29, 1.82) is 5.26 Å². The number of nitrogens with two attached hydrogens (primary N) is 1. The molecule has 208 valence electrons. The number of benzene rings is 1. The number of aryl methyl sites for hydroxylation is 1. The number of nitriles is 1. The van der Waals surface area contributed by atoms with E-state index in [1.54, 1.807) is 40.9 Å². The van der Waals surface area contributed by atoms with Crippen LogP contribution in [-0.2, 0) is 9.53 Å². The molecule has 0 spiro atoms. The lowest BCUT2D eigenvalue weighted by molar-refractivity contribution is -0.169. The monoisotopic (exact) mass is 550 g/mol. The zero-order valence-corrected chi connectivity index (χ0v) is 22.9. The molecule has 0 unspecified atom stereocenters. The number of piperidine rings is 1. The van der Waals surface area contributed by atoms with Gasteiger partial charge in [0.1, 0.15) is 40.4 Å². The highest BCUT2D eigenvalue weighted by Crippen LogP contribution is 2.37. The largest absolute Gasteiger partial charge is 0.382 e. The van der Waals surface area contributed by atoms with Crippen LogP contribution >= 0.6 is 0 Å². The molecule has 2 fully saturated rings. The van der Waals surface area contributed by atoms with E-state index in [0.29, 0.717) is 60.4 Å².